The van der Waals surface area contributed by atoms with Crippen LogP contribution in [0.2, 0.25) is 5.02 Å². The lowest BCUT2D eigenvalue weighted by atomic mass is 9.97. The second kappa shape index (κ2) is 11.8. The summed E-state index contributed by atoms with van der Waals surface area (Å²) >= 11 is 7.51. The van der Waals surface area contributed by atoms with Gasteiger partial charge >= 0.3 is 0 Å². The molecule has 9 heteroatoms. The Kier molecular flexibility index (Phi) is 8.59. The number of anilines is 2. The maximum atomic E-state index is 13.2. The Bertz CT molecular complexity index is 1220. The van der Waals surface area contributed by atoms with Crippen LogP contribution in [0, 0.1) is 19.8 Å². The standard InChI is InChI=1S/C27H32ClN5O2S/c1-16-12-21(10-11-29-16)32-26(34)23(13-19-6-4-5-7-19)33-27(35)25-9-8-24(36-25)18(3)31-22-14-20(28)15-30-17(22)2/h8-12,14-15,18-19,23,31H,4-7,13H2,1-3H3,(H,33,35)(H,29,32,34)/t18-,23-/m0/s1. The first-order valence-electron chi connectivity index (χ1n) is 12.3. The minimum atomic E-state index is -0.602. The molecule has 3 heterocycles. The van der Waals surface area contributed by atoms with Crippen molar-refractivity contribution in [1.29, 1.82) is 0 Å². The second-order valence-corrected chi connectivity index (χ2v) is 11.0. The highest BCUT2D eigenvalue weighted by Crippen LogP contribution is 2.30. The first kappa shape index (κ1) is 26.1. The zero-order valence-corrected chi connectivity index (χ0v) is 22.4. The molecule has 0 spiro atoms. The lowest BCUT2D eigenvalue weighted by Gasteiger charge is -2.21. The highest BCUT2D eigenvalue weighted by molar-refractivity contribution is 7.14. The Balaban J connectivity index is 1.44. The number of nitrogens with one attached hydrogen (secondary N) is 3. The van der Waals surface area contributed by atoms with Crippen LogP contribution < -0.4 is 16.0 Å². The van der Waals surface area contributed by atoms with E-state index in [-0.39, 0.29) is 17.9 Å². The number of nitrogens with zero attached hydrogens (tertiary/aromatic N) is 2. The predicted octanol–water partition coefficient (Wildman–Crippen LogP) is 6.30. The van der Waals surface area contributed by atoms with Crippen LogP contribution in [0.25, 0.3) is 0 Å². The summed E-state index contributed by atoms with van der Waals surface area (Å²) in [6, 6.07) is 8.54. The van der Waals surface area contributed by atoms with Gasteiger partial charge in [-0.1, -0.05) is 37.3 Å². The summed E-state index contributed by atoms with van der Waals surface area (Å²) in [5.41, 5.74) is 3.21. The quantitative estimate of drug-likeness (QED) is 0.304. The van der Waals surface area contributed by atoms with E-state index in [0.29, 0.717) is 27.9 Å². The molecule has 0 aliphatic heterocycles. The van der Waals surface area contributed by atoms with Gasteiger partial charge in [0.1, 0.15) is 6.04 Å². The van der Waals surface area contributed by atoms with Gasteiger partial charge < -0.3 is 16.0 Å². The first-order valence-corrected chi connectivity index (χ1v) is 13.5. The highest BCUT2D eigenvalue weighted by Gasteiger charge is 2.28. The van der Waals surface area contributed by atoms with E-state index in [2.05, 4.69) is 25.9 Å². The third-order valence-electron chi connectivity index (χ3n) is 6.53. The third-order valence-corrected chi connectivity index (χ3v) is 8.01. The summed E-state index contributed by atoms with van der Waals surface area (Å²) in [6.45, 7) is 5.82. The molecule has 4 rings (SSSR count). The molecule has 2 atom stereocenters. The van der Waals surface area contributed by atoms with E-state index in [1.54, 1.807) is 18.5 Å². The van der Waals surface area contributed by atoms with Crippen LogP contribution in [-0.2, 0) is 4.79 Å². The van der Waals surface area contributed by atoms with Gasteiger partial charge in [0.25, 0.3) is 5.91 Å². The van der Waals surface area contributed by atoms with Crippen LogP contribution in [-0.4, -0.2) is 27.8 Å². The molecule has 0 radical (unpaired) electrons. The summed E-state index contributed by atoms with van der Waals surface area (Å²) in [6.07, 6.45) is 8.47. The van der Waals surface area contributed by atoms with E-state index in [1.165, 1.54) is 24.2 Å². The zero-order chi connectivity index (χ0) is 25.7. The van der Waals surface area contributed by atoms with Crippen LogP contribution in [0.5, 0.6) is 0 Å². The highest BCUT2D eigenvalue weighted by atomic mass is 35.5. The predicted molar refractivity (Wildman–Crippen MR) is 146 cm³/mol. The number of thiophene rings is 1. The SMILES string of the molecule is Cc1cc(NC(=O)[C@H](CC2CCCC2)NC(=O)c2ccc([C@H](C)Nc3cc(Cl)cnc3C)s2)ccn1. The lowest BCUT2D eigenvalue weighted by molar-refractivity contribution is -0.118. The minimum Gasteiger partial charge on any atom is -0.376 e. The molecular formula is C27H32ClN5O2S. The molecule has 1 aliphatic rings. The average molecular weight is 526 g/mol. The molecule has 0 bridgehead atoms. The van der Waals surface area contributed by atoms with Crippen molar-refractivity contribution in [3.63, 3.8) is 0 Å². The fraction of sp³-hybridized carbons (Fsp3) is 0.407. The van der Waals surface area contributed by atoms with Crippen LogP contribution >= 0.6 is 22.9 Å². The second-order valence-electron chi connectivity index (χ2n) is 9.44. The summed E-state index contributed by atoms with van der Waals surface area (Å²) < 4.78 is 0. The van der Waals surface area contributed by atoms with Crippen molar-refractivity contribution in [2.75, 3.05) is 10.6 Å². The summed E-state index contributed by atoms with van der Waals surface area (Å²) in [7, 11) is 0. The van der Waals surface area contributed by atoms with E-state index in [9.17, 15) is 9.59 Å². The number of aromatic nitrogens is 2. The average Bonchev–Trinajstić information content (AvgIpc) is 3.53. The number of carbonyl (C=O) groups excluding carboxylic acids is 2. The molecule has 36 heavy (non-hydrogen) atoms. The molecule has 3 aromatic heterocycles. The molecule has 3 N–H and O–H groups in total. The van der Waals surface area contributed by atoms with Gasteiger partial charge in [-0.3, -0.25) is 19.6 Å². The van der Waals surface area contributed by atoms with Crippen LogP contribution in [0.3, 0.4) is 0 Å². The Morgan fingerprint density at radius 3 is 2.67 bits per heavy atom. The van der Waals surface area contributed by atoms with E-state index < -0.39 is 6.04 Å². The number of hydrogen-bond donors (Lipinski definition) is 3. The molecule has 0 unspecified atom stereocenters. The molecule has 1 aliphatic carbocycles. The van der Waals surface area contributed by atoms with Gasteiger partial charge in [-0.25, -0.2) is 0 Å². The van der Waals surface area contributed by atoms with Crippen LogP contribution in [0.15, 0.2) is 42.7 Å². The van der Waals surface area contributed by atoms with Crippen LogP contribution in [0.4, 0.5) is 11.4 Å². The van der Waals surface area contributed by atoms with E-state index in [0.717, 1.165) is 34.8 Å². The molecule has 0 saturated heterocycles. The first-order chi connectivity index (χ1) is 17.3. The number of amides is 2. The fourth-order valence-electron chi connectivity index (χ4n) is 4.56. The molecule has 2 amide bonds. The smallest absolute Gasteiger partial charge is 0.262 e. The molecular weight excluding hydrogens is 494 g/mol. The Morgan fingerprint density at radius 1 is 1.14 bits per heavy atom. The van der Waals surface area contributed by atoms with E-state index in [1.807, 2.05) is 45.0 Å². The van der Waals surface area contributed by atoms with Crippen molar-refractivity contribution in [3.8, 4) is 0 Å². The number of aryl methyl sites for hydroxylation is 2. The number of hydrogen-bond acceptors (Lipinski definition) is 6. The van der Waals surface area contributed by atoms with Crippen molar-refractivity contribution in [1.82, 2.24) is 15.3 Å². The van der Waals surface area contributed by atoms with E-state index in [4.69, 9.17) is 11.6 Å². The molecule has 0 aromatic carbocycles. The molecule has 1 saturated carbocycles. The molecule has 7 nitrogen and oxygen atoms in total. The van der Waals surface area contributed by atoms with Crippen molar-refractivity contribution < 1.29 is 9.59 Å². The van der Waals surface area contributed by atoms with Gasteiger partial charge in [-0.05, 0) is 63.4 Å². The third kappa shape index (κ3) is 6.83. The number of carbonyl (C=O) groups is 2. The number of halogens is 1. The van der Waals surface area contributed by atoms with Crippen molar-refractivity contribution in [2.45, 2.75) is 65.0 Å². The maximum absolute atomic E-state index is 13.2. The number of rotatable bonds is 9. The topological polar surface area (TPSA) is 96.0 Å². The molecule has 190 valence electrons. The molecule has 1 fully saturated rings. The van der Waals surface area contributed by atoms with Crippen LogP contribution in [0.1, 0.15) is 71.0 Å². The monoisotopic (exact) mass is 525 g/mol. The van der Waals surface area contributed by atoms with E-state index >= 15 is 0 Å². The summed E-state index contributed by atoms with van der Waals surface area (Å²) in [5, 5.41) is 9.95. The van der Waals surface area contributed by atoms with Crippen molar-refractivity contribution in [2.24, 2.45) is 5.92 Å². The fourth-order valence-corrected chi connectivity index (χ4v) is 5.63. The lowest BCUT2D eigenvalue weighted by Crippen LogP contribution is -2.44. The summed E-state index contributed by atoms with van der Waals surface area (Å²) in [4.78, 5) is 36.4. The van der Waals surface area contributed by atoms with Gasteiger partial charge in [-0.2, -0.15) is 0 Å². The van der Waals surface area contributed by atoms with Gasteiger partial charge in [0, 0.05) is 28.7 Å². The van der Waals surface area contributed by atoms with Crippen molar-refractivity contribution in [3.05, 3.63) is 68.9 Å². The van der Waals surface area contributed by atoms with Gasteiger partial charge in [0.2, 0.25) is 5.91 Å². The maximum Gasteiger partial charge on any atom is 0.262 e. The number of pyridine rings is 2. The largest absolute Gasteiger partial charge is 0.376 e. The van der Waals surface area contributed by atoms with Gasteiger partial charge in [-0.15, -0.1) is 11.3 Å². The normalized spacial score (nSPS) is 15.3. The van der Waals surface area contributed by atoms with Crippen molar-refractivity contribution >= 4 is 46.1 Å². The Morgan fingerprint density at radius 2 is 1.92 bits per heavy atom. The molecule has 3 aromatic rings. The minimum absolute atomic E-state index is 0.0389. The van der Waals surface area contributed by atoms with Gasteiger partial charge in [0.05, 0.1) is 27.3 Å². The Hall–Kier alpha value is -2.97. The van der Waals surface area contributed by atoms with Gasteiger partial charge in [0.15, 0.2) is 0 Å². The zero-order valence-electron chi connectivity index (χ0n) is 20.8. The Labute approximate surface area is 221 Å². The summed E-state index contributed by atoms with van der Waals surface area (Å²) in [5.74, 6) is 0.0117.